The first-order valence-electron chi connectivity index (χ1n) is 7.15. The molecule has 24 heavy (non-hydrogen) atoms. The molecule has 0 aliphatic heterocycles. The molecule has 1 N–H and O–H groups in total. The highest BCUT2D eigenvalue weighted by Gasteiger charge is 2.21. The predicted molar refractivity (Wildman–Crippen MR) is 90.9 cm³/mol. The molecule has 0 radical (unpaired) electrons. The van der Waals surface area contributed by atoms with E-state index in [0.29, 0.717) is 21.6 Å². The molecule has 3 heterocycles. The Balaban J connectivity index is 2.06. The van der Waals surface area contributed by atoms with Crippen LogP contribution in [0.5, 0.6) is 0 Å². The van der Waals surface area contributed by atoms with Crippen LogP contribution in [0.3, 0.4) is 0 Å². The summed E-state index contributed by atoms with van der Waals surface area (Å²) in [6, 6.07) is 9.12. The van der Waals surface area contributed by atoms with Gasteiger partial charge in [-0.05, 0) is 19.1 Å². The fourth-order valence-corrected chi connectivity index (χ4v) is 3.61. The van der Waals surface area contributed by atoms with E-state index in [1.807, 2.05) is 31.2 Å². The number of H-pyrrole nitrogens is 1. The van der Waals surface area contributed by atoms with Gasteiger partial charge < -0.3 is 4.74 Å². The molecular weight excluding hydrogens is 328 g/mol. The number of aryl methyl sites for hydroxylation is 1. The van der Waals surface area contributed by atoms with Gasteiger partial charge >= 0.3 is 5.97 Å². The van der Waals surface area contributed by atoms with Crippen LogP contribution in [-0.2, 0) is 4.74 Å². The van der Waals surface area contributed by atoms with Crippen molar-refractivity contribution in [2.24, 2.45) is 0 Å². The number of aromatic nitrogens is 4. The van der Waals surface area contributed by atoms with Crippen LogP contribution in [0.25, 0.3) is 26.9 Å². The Morgan fingerprint density at radius 3 is 2.88 bits per heavy atom. The van der Waals surface area contributed by atoms with Gasteiger partial charge in [0.15, 0.2) is 5.52 Å². The monoisotopic (exact) mass is 340 g/mol. The number of aromatic amines is 1. The Bertz CT molecular complexity index is 1160. The van der Waals surface area contributed by atoms with Crippen LogP contribution >= 0.6 is 11.3 Å². The number of methoxy groups -OCH3 is 1. The van der Waals surface area contributed by atoms with Gasteiger partial charge in [0.1, 0.15) is 5.00 Å². The molecule has 0 spiro atoms. The minimum Gasteiger partial charge on any atom is -0.465 e. The molecule has 0 saturated heterocycles. The predicted octanol–water partition coefficient (Wildman–Crippen LogP) is 2.42. The number of ether oxygens (including phenoxy) is 1. The molecule has 0 unspecified atom stereocenters. The second kappa shape index (κ2) is 5.27. The number of nitrogens with one attached hydrogen (secondary N) is 1. The van der Waals surface area contributed by atoms with E-state index in [4.69, 9.17) is 4.74 Å². The lowest BCUT2D eigenvalue weighted by Gasteiger charge is -2.01. The molecule has 0 saturated carbocycles. The quantitative estimate of drug-likeness (QED) is 0.566. The van der Waals surface area contributed by atoms with Crippen molar-refractivity contribution in [3.63, 3.8) is 0 Å². The number of thiophene rings is 1. The molecule has 0 amide bonds. The molecule has 1 aromatic carbocycles. The second-order valence-corrected chi connectivity index (χ2v) is 6.50. The zero-order valence-corrected chi connectivity index (χ0v) is 13.7. The van der Waals surface area contributed by atoms with E-state index in [2.05, 4.69) is 15.3 Å². The van der Waals surface area contributed by atoms with Crippen LogP contribution in [0, 0.1) is 6.92 Å². The van der Waals surface area contributed by atoms with E-state index >= 15 is 0 Å². The molecular formula is C16H12N4O3S. The van der Waals surface area contributed by atoms with Gasteiger partial charge in [-0.2, -0.15) is 0 Å². The topological polar surface area (TPSA) is 89.9 Å². The van der Waals surface area contributed by atoms with E-state index in [-0.39, 0.29) is 11.1 Å². The smallest absolute Gasteiger partial charge is 0.340 e. The van der Waals surface area contributed by atoms with Gasteiger partial charge in [-0.25, -0.2) is 9.48 Å². The number of hydrogen-bond donors (Lipinski definition) is 1. The summed E-state index contributed by atoms with van der Waals surface area (Å²) in [6.45, 7) is 1.86. The molecule has 0 fully saturated rings. The zero-order chi connectivity index (χ0) is 16.8. The summed E-state index contributed by atoms with van der Waals surface area (Å²) in [5.74, 6) is -0.490. The van der Waals surface area contributed by atoms with Gasteiger partial charge in [-0.1, -0.05) is 18.2 Å². The highest BCUT2D eigenvalue weighted by Crippen LogP contribution is 2.27. The molecule has 7 nitrogen and oxygen atoms in total. The SMILES string of the molecule is COC(=O)c1cc(C)sc1-n1[nH]c2c(nnc3ccccc32)c1=O. The average molecular weight is 340 g/mol. The summed E-state index contributed by atoms with van der Waals surface area (Å²) < 4.78 is 6.14. The summed E-state index contributed by atoms with van der Waals surface area (Å²) in [7, 11) is 1.31. The number of rotatable bonds is 2. The summed E-state index contributed by atoms with van der Waals surface area (Å²) in [6.07, 6.45) is 0. The minimum atomic E-state index is -0.490. The van der Waals surface area contributed by atoms with Gasteiger partial charge in [0.25, 0.3) is 5.56 Å². The number of nitrogens with zero attached hydrogens (tertiary/aromatic N) is 3. The largest absolute Gasteiger partial charge is 0.465 e. The first-order chi connectivity index (χ1) is 11.6. The summed E-state index contributed by atoms with van der Waals surface area (Å²) >= 11 is 1.33. The number of carbonyl (C=O) groups excluding carboxylic acids is 1. The number of fused-ring (bicyclic) bond motifs is 3. The van der Waals surface area contributed by atoms with Crippen LogP contribution in [0.15, 0.2) is 35.1 Å². The van der Waals surface area contributed by atoms with Crippen LogP contribution in [-0.4, -0.2) is 33.1 Å². The third-order valence-electron chi connectivity index (χ3n) is 3.74. The van der Waals surface area contributed by atoms with E-state index in [0.717, 1.165) is 10.3 Å². The van der Waals surface area contributed by atoms with Gasteiger partial charge in [0, 0.05) is 10.3 Å². The zero-order valence-electron chi connectivity index (χ0n) is 12.9. The van der Waals surface area contributed by atoms with Crippen molar-refractivity contribution in [2.75, 3.05) is 7.11 Å². The van der Waals surface area contributed by atoms with Crippen molar-refractivity contribution in [3.8, 4) is 5.00 Å². The fraction of sp³-hybridized carbons (Fsp3) is 0.125. The Morgan fingerprint density at radius 1 is 1.29 bits per heavy atom. The maximum absolute atomic E-state index is 12.7. The molecule has 8 heteroatoms. The molecule has 4 aromatic rings. The number of esters is 1. The first kappa shape index (κ1) is 14.6. The van der Waals surface area contributed by atoms with Crippen LogP contribution in [0.2, 0.25) is 0 Å². The van der Waals surface area contributed by atoms with Gasteiger partial charge in [-0.3, -0.25) is 9.89 Å². The minimum absolute atomic E-state index is 0.232. The van der Waals surface area contributed by atoms with E-state index in [9.17, 15) is 9.59 Å². The van der Waals surface area contributed by atoms with Crippen molar-refractivity contribution in [3.05, 3.63) is 51.1 Å². The van der Waals surface area contributed by atoms with Crippen molar-refractivity contribution < 1.29 is 9.53 Å². The van der Waals surface area contributed by atoms with Crippen LogP contribution in [0.4, 0.5) is 0 Å². The third kappa shape index (κ3) is 2.04. The lowest BCUT2D eigenvalue weighted by molar-refractivity contribution is 0.0601. The Labute approximate surface area is 139 Å². The molecule has 0 atom stereocenters. The van der Waals surface area contributed by atoms with E-state index < -0.39 is 5.97 Å². The van der Waals surface area contributed by atoms with Crippen LogP contribution in [0.1, 0.15) is 15.2 Å². The van der Waals surface area contributed by atoms with Crippen molar-refractivity contribution >= 4 is 39.2 Å². The Hall–Kier alpha value is -3.00. The standard InChI is InChI=1S/C16H12N4O3S/c1-8-7-10(16(22)23-2)15(24-8)20-14(21)13-12(19-20)9-5-3-4-6-11(9)17-18-13/h3-7,19H,1-2H3. The highest BCUT2D eigenvalue weighted by atomic mass is 32.1. The first-order valence-corrected chi connectivity index (χ1v) is 7.97. The van der Waals surface area contributed by atoms with Crippen LogP contribution < -0.4 is 5.56 Å². The lowest BCUT2D eigenvalue weighted by Crippen LogP contribution is -2.16. The van der Waals surface area contributed by atoms with Crippen molar-refractivity contribution in [2.45, 2.75) is 6.92 Å². The van der Waals surface area contributed by atoms with Gasteiger partial charge in [-0.15, -0.1) is 21.5 Å². The molecule has 0 aliphatic carbocycles. The number of carbonyl (C=O) groups is 1. The Kier molecular flexibility index (Phi) is 3.20. The highest BCUT2D eigenvalue weighted by molar-refractivity contribution is 7.14. The third-order valence-corrected chi connectivity index (χ3v) is 4.78. The maximum Gasteiger partial charge on any atom is 0.340 e. The summed E-state index contributed by atoms with van der Waals surface area (Å²) in [5.41, 5.74) is 1.50. The summed E-state index contributed by atoms with van der Waals surface area (Å²) in [4.78, 5) is 25.6. The molecule has 120 valence electrons. The number of hydrogen-bond acceptors (Lipinski definition) is 6. The molecule has 0 aliphatic rings. The number of benzene rings is 1. The van der Waals surface area contributed by atoms with E-state index in [1.165, 1.54) is 23.1 Å². The normalized spacial score (nSPS) is 11.2. The molecule has 0 bridgehead atoms. The van der Waals surface area contributed by atoms with E-state index in [1.54, 1.807) is 6.07 Å². The van der Waals surface area contributed by atoms with Crippen molar-refractivity contribution in [1.82, 2.24) is 20.0 Å². The lowest BCUT2D eigenvalue weighted by atomic mass is 10.2. The van der Waals surface area contributed by atoms with Gasteiger partial charge in [0.2, 0.25) is 0 Å². The summed E-state index contributed by atoms with van der Waals surface area (Å²) in [5, 5.41) is 12.5. The maximum atomic E-state index is 12.7. The van der Waals surface area contributed by atoms with Gasteiger partial charge in [0.05, 0.1) is 23.7 Å². The average Bonchev–Trinajstić information content (AvgIpc) is 3.14. The fourth-order valence-electron chi connectivity index (χ4n) is 2.65. The molecule has 4 rings (SSSR count). The van der Waals surface area contributed by atoms with Crippen molar-refractivity contribution in [1.29, 1.82) is 0 Å². The Morgan fingerprint density at radius 2 is 2.08 bits per heavy atom. The molecule has 3 aromatic heterocycles. The second-order valence-electron chi connectivity index (χ2n) is 5.26.